The van der Waals surface area contributed by atoms with Crippen molar-refractivity contribution in [2.24, 2.45) is 0 Å². The van der Waals surface area contributed by atoms with Crippen molar-refractivity contribution in [3.63, 3.8) is 0 Å². The summed E-state index contributed by atoms with van der Waals surface area (Å²) in [6.07, 6.45) is 1.39. The van der Waals surface area contributed by atoms with E-state index in [2.05, 4.69) is 10.3 Å². The molecule has 0 radical (unpaired) electrons. The fraction of sp³-hybridized carbons (Fsp3) is 0.158. The number of nitrogens with zero attached hydrogens (tertiary/aromatic N) is 2. The molecule has 0 unspecified atom stereocenters. The molecule has 0 bridgehead atoms. The molecule has 1 amide bonds. The summed E-state index contributed by atoms with van der Waals surface area (Å²) < 4.78 is 6.80. The Morgan fingerprint density at radius 2 is 1.85 bits per heavy atom. The fourth-order valence-electron chi connectivity index (χ4n) is 3.75. The van der Waals surface area contributed by atoms with E-state index >= 15 is 0 Å². The number of hydrogen-bond donors (Lipinski definition) is 1. The Kier molecular flexibility index (Phi) is 2.86. The maximum absolute atomic E-state index is 12.8. The Morgan fingerprint density at radius 1 is 1.08 bits per heavy atom. The van der Waals surface area contributed by atoms with Crippen molar-refractivity contribution >= 4 is 28.5 Å². The van der Waals surface area contributed by atoms with Crippen molar-refractivity contribution in [1.29, 1.82) is 0 Å². The summed E-state index contributed by atoms with van der Waals surface area (Å²) in [6, 6.07) is 13.1. The van der Waals surface area contributed by atoms with Crippen LogP contribution in [0.2, 0.25) is 0 Å². The number of carbonyl (C=O) groups excluding carboxylic acids is 2. The van der Waals surface area contributed by atoms with Crippen LogP contribution in [0.4, 0.5) is 5.69 Å². The van der Waals surface area contributed by atoms with Gasteiger partial charge in [-0.15, -0.1) is 0 Å². The molecule has 2 atom stereocenters. The lowest BCUT2D eigenvalue weighted by Gasteiger charge is -2.19. The smallest absolute Gasteiger partial charge is 0.330 e. The number of nitrogens with one attached hydrogen (secondary N) is 1. The first-order chi connectivity index (χ1) is 12.6. The molecule has 5 rings (SSSR count). The van der Waals surface area contributed by atoms with Crippen LogP contribution in [0.15, 0.2) is 59.7 Å². The van der Waals surface area contributed by atoms with Crippen LogP contribution in [0.5, 0.6) is 0 Å². The molecule has 26 heavy (non-hydrogen) atoms. The van der Waals surface area contributed by atoms with Crippen LogP contribution in [-0.2, 0) is 19.9 Å². The van der Waals surface area contributed by atoms with E-state index in [9.17, 15) is 14.4 Å². The fourth-order valence-corrected chi connectivity index (χ4v) is 3.75. The number of carbonyl (C=O) groups is 2. The van der Waals surface area contributed by atoms with Gasteiger partial charge in [-0.3, -0.25) is 14.2 Å². The van der Waals surface area contributed by atoms with Gasteiger partial charge in [0.05, 0.1) is 17.2 Å². The number of rotatable bonds is 1. The normalized spacial score (nSPS) is 23.9. The number of fused-ring (bicyclic) bond motifs is 3. The first-order valence-electron chi connectivity index (χ1n) is 8.20. The highest BCUT2D eigenvalue weighted by Gasteiger charge is 2.58. The van der Waals surface area contributed by atoms with Gasteiger partial charge < -0.3 is 10.1 Å². The number of benzene rings is 2. The molecule has 1 spiro atoms. The van der Waals surface area contributed by atoms with Crippen LogP contribution in [0.1, 0.15) is 18.0 Å². The Bertz CT molecular complexity index is 1150. The summed E-state index contributed by atoms with van der Waals surface area (Å²) in [5, 5.41) is 3.16. The minimum atomic E-state index is -1.40. The lowest BCUT2D eigenvalue weighted by atomic mass is 9.90. The Hall–Kier alpha value is -3.48. The van der Waals surface area contributed by atoms with E-state index in [1.54, 1.807) is 48.5 Å². The van der Waals surface area contributed by atoms with E-state index in [1.165, 1.54) is 10.9 Å². The van der Waals surface area contributed by atoms with Crippen LogP contribution in [0, 0.1) is 0 Å². The van der Waals surface area contributed by atoms with Crippen LogP contribution in [0.3, 0.4) is 0 Å². The van der Waals surface area contributed by atoms with E-state index < -0.39 is 23.5 Å². The second kappa shape index (κ2) is 5.01. The molecule has 128 valence electrons. The van der Waals surface area contributed by atoms with Gasteiger partial charge in [0.25, 0.3) is 11.5 Å². The van der Waals surface area contributed by atoms with Crippen LogP contribution in [0.25, 0.3) is 10.9 Å². The van der Waals surface area contributed by atoms with Crippen molar-refractivity contribution in [2.75, 3.05) is 5.32 Å². The maximum atomic E-state index is 12.8. The van der Waals surface area contributed by atoms with Gasteiger partial charge in [-0.05, 0) is 18.2 Å². The molecular weight excluding hydrogens is 334 g/mol. The standard InChI is InChI=1S/C19H13N3O4/c23-16-11-5-1-3-7-13(11)20-10-22(16)15-9-19(26-17(15)24)12-6-2-4-8-14(12)21-18(19)25/h1-8,10,15H,9H2,(H,21,25)/t15-,19-/m1/s1. The van der Waals surface area contributed by atoms with E-state index in [-0.39, 0.29) is 12.0 Å². The lowest BCUT2D eigenvalue weighted by molar-refractivity contribution is -0.157. The Morgan fingerprint density at radius 3 is 2.73 bits per heavy atom. The third kappa shape index (κ3) is 1.82. The molecular formula is C19H13N3O4. The SMILES string of the molecule is O=C1O[C@@]2(C[C@H]1n1cnc3ccccc3c1=O)C(=O)Nc1ccccc12. The number of hydrogen-bond acceptors (Lipinski definition) is 5. The molecule has 1 N–H and O–H groups in total. The minimum Gasteiger partial charge on any atom is -0.442 e. The molecule has 1 fully saturated rings. The van der Waals surface area contributed by atoms with Gasteiger partial charge in [0.2, 0.25) is 5.60 Å². The molecule has 2 aromatic carbocycles. The Labute approximate surface area is 147 Å². The van der Waals surface area contributed by atoms with E-state index in [0.717, 1.165) is 0 Å². The van der Waals surface area contributed by atoms with Crippen LogP contribution in [-0.4, -0.2) is 21.4 Å². The average molecular weight is 347 g/mol. The Balaban J connectivity index is 1.63. The highest BCUT2D eigenvalue weighted by Crippen LogP contribution is 2.48. The zero-order valence-electron chi connectivity index (χ0n) is 13.5. The predicted octanol–water partition coefficient (Wildman–Crippen LogP) is 1.73. The summed E-state index contributed by atoms with van der Waals surface area (Å²) in [7, 11) is 0. The number of anilines is 1. The van der Waals surface area contributed by atoms with Gasteiger partial charge >= 0.3 is 5.97 Å². The van der Waals surface area contributed by atoms with Crippen LogP contribution >= 0.6 is 0 Å². The molecule has 1 aromatic heterocycles. The van der Waals surface area contributed by atoms with E-state index in [1.807, 2.05) is 0 Å². The average Bonchev–Trinajstić information content (AvgIpc) is 3.14. The highest BCUT2D eigenvalue weighted by atomic mass is 16.6. The molecule has 3 heterocycles. The molecule has 7 heteroatoms. The quantitative estimate of drug-likeness (QED) is 0.677. The molecule has 1 saturated heterocycles. The zero-order valence-corrected chi connectivity index (χ0v) is 13.5. The van der Waals surface area contributed by atoms with Gasteiger partial charge in [0.1, 0.15) is 6.04 Å². The van der Waals surface area contributed by atoms with Crippen LogP contribution < -0.4 is 10.9 Å². The second-order valence-corrected chi connectivity index (χ2v) is 6.44. The van der Waals surface area contributed by atoms with Crippen molar-refractivity contribution in [1.82, 2.24) is 9.55 Å². The second-order valence-electron chi connectivity index (χ2n) is 6.44. The van der Waals surface area contributed by atoms with Crippen molar-refractivity contribution in [3.05, 3.63) is 70.8 Å². The van der Waals surface area contributed by atoms with Crippen molar-refractivity contribution in [3.8, 4) is 0 Å². The minimum absolute atomic E-state index is 0.0502. The first kappa shape index (κ1) is 14.8. The molecule has 2 aliphatic heterocycles. The van der Waals surface area contributed by atoms with Crippen molar-refractivity contribution < 1.29 is 14.3 Å². The predicted molar refractivity (Wildman–Crippen MR) is 92.5 cm³/mol. The number of esters is 1. The number of aromatic nitrogens is 2. The number of para-hydroxylation sites is 2. The van der Waals surface area contributed by atoms with Gasteiger partial charge in [-0.2, -0.15) is 0 Å². The third-order valence-electron chi connectivity index (χ3n) is 5.03. The summed E-state index contributed by atoms with van der Waals surface area (Å²) in [4.78, 5) is 42.2. The number of amides is 1. The van der Waals surface area contributed by atoms with Gasteiger partial charge in [-0.1, -0.05) is 30.3 Å². The topological polar surface area (TPSA) is 90.3 Å². The molecule has 3 aromatic rings. The van der Waals surface area contributed by atoms with Gasteiger partial charge in [0.15, 0.2) is 0 Å². The van der Waals surface area contributed by atoms with E-state index in [0.29, 0.717) is 22.2 Å². The third-order valence-corrected chi connectivity index (χ3v) is 5.03. The summed E-state index contributed by atoms with van der Waals surface area (Å²) in [5.41, 5.74) is 0.0568. The maximum Gasteiger partial charge on any atom is 0.330 e. The first-order valence-corrected chi connectivity index (χ1v) is 8.20. The monoisotopic (exact) mass is 347 g/mol. The summed E-state index contributed by atoms with van der Waals surface area (Å²) in [5.74, 6) is -1.01. The van der Waals surface area contributed by atoms with E-state index in [4.69, 9.17) is 4.74 Å². The zero-order chi connectivity index (χ0) is 17.9. The molecule has 7 nitrogen and oxygen atoms in total. The molecule has 2 aliphatic rings. The van der Waals surface area contributed by atoms with Gasteiger partial charge in [-0.25, -0.2) is 9.78 Å². The van der Waals surface area contributed by atoms with Crippen molar-refractivity contribution in [2.45, 2.75) is 18.1 Å². The largest absolute Gasteiger partial charge is 0.442 e. The molecule has 0 aliphatic carbocycles. The summed E-state index contributed by atoms with van der Waals surface area (Å²) >= 11 is 0. The summed E-state index contributed by atoms with van der Waals surface area (Å²) in [6.45, 7) is 0. The highest BCUT2D eigenvalue weighted by molar-refractivity contribution is 6.07. The number of ether oxygens (including phenoxy) is 1. The molecule has 0 saturated carbocycles. The lowest BCUT2D eigenvalue weighted by Crippen LogP contribution is -2.34. The van der Waals surface area contributed by atoms with Gasteiger partial charge in [0, 0.05) is 17.7 Å².